The van der Waals surface area contributed by atoms with Crippen molar-refractivity contribution in [1.29, 1.82) is 0 Å². The molecule has 0 aliphatic heterocycles. The second-order valence-electron chi connectivity index (χ2n) is 9.30. The van der Waals surface area contributed by atoms with Crippen LogP contribution in [0, 0.1) is 5.82 Å². The van der Waals surface area contributed by atoms with Gasteiger partial charge in [-0.05, 0) is 55.2 Å². The van der Waals surface area contributed by atoms with Crippen molar-refractivity contribution in [3.8, 4) is 0 Å². The maximum absolute atomic E-state index is 13.8. The van der Waals surface area contributed by atoms with Gasteiger partial charge in [0.1, 0.15) is 18.4 Å². The van der Waals surface area contributed by atoms with Gasteiger partial charge in [-0.2, -0.15) is 12.7 Å². The van der Waals surface area contributed by atoms with E-state index in [1.807, 2.05) is 0 Å². The predicted octanol–water partition coefficient (Wildman–Crippen LogP) is 3.96. The number of anilines is 1. The van der Waals surface area contributed by atoms with Crippen molar-refractivity contribution < 1.29 is 22.4 Å². The van der Waals surface area contributed by atoms with Gasteiger partial charge >= 0.3 is 10.2 Å². The molecule has 8 nitrogen and oxygen atoms in total. The van der Waals surface area contributed by atoms with Crippen molar-refractivity contribution in [2.75, 3.05) is 24.9 Å². The van der Waals surface area contributed by atoms with E-state index in [0.29, 0.717) is 17.0 Å². The number of benzene rings is 2. The van der Waals surface area contributed by atoms with Gasteiger partial charge < -0.3 is 10.2 Å². The second kappa shape index (κ2) is 12.7. The molecular formula is C26H34ClFN4O4S. The van der Waals surface area contributed by atoms with Gasteiger partial charge in [0.05, 0.1) is 5.69 Å². The molecule has 0 spiro atoms. The molecule has 1 unspecified atom stereocenters. The summed E-state index contributed by atoms with van der Waals surface area (Å²) in [5.74, 6) is -1.39. The fourth-order valence-corrected chi connectivity index (χ4v) is 5.67. The summed E-state index contributed by atoms with van der Waals surface area (Å²) in [5, 5.41) is 3.49. The van der Waals surface area contributed by atoms with Gasteiger partial charge in [0.2, 0.25) is 11.8 Å². The molecule has 1 aliphatic carbocycles. The normalized spacial score (nSPS) is 15.0. The maximum atomic E-state index is 13.8. The maximum Gasteiger partial charge on any atom is 0.304 e. The van der Waals surface area contributed by atoms with Crippen LogP contribution in [0.1, 0.15) is 44.6 Å². The number of hydrogen-bond acceptors (Lipinski definition) is 4. The third kappa shape index (κ3) is 7.21. The lowest BCUT2D eigenvalue weighted by Crippen LogP contribution is -2.54. The molecule has 1 saturated carbocycles. The van der Waals surface area contributed by atoms with Crippen LogP contribution in [0.3, 0.4) is 0 Å². The van der Waals surface area contributed by atoms with Gasteiger partial charge in [-0.1, -0.05) is 49.6 Å². The molecule has 0 aromatic heterocycles. The molecule has 3 rings (SSSR count). The summed E-state index contributed by atoms with van der Waals surface area (Å²) in [6, 6.07) is 11.1. The van der Waals surface area contributed by atoms with Gasteiger partial charge in [-0.25, -0.2) is 8.70 Å². The molecule has 1 aliphatic rings. The second-order valence-corrected chi connectivity index (χ2v) is 11.8. The van der Waals surface area contributed by atoms with Gasteiger partial charge in [-0.3, -0.25) is 9.59 Å². The molecule has 2 aromatic carbocycles. The van der Waals surface area contributed by atoms with E-state index in [-0.39, 0.29) is 24.2 Å². The van der Waals surface area contributed by atoms with Gasteiger partial charge in [-0.15, -0.1) is 0 Å². The summed E-state index contributed by atoms with van der Waals surface area (Å²) >= 11 is 6.38. The fourth-order valence-electron chi connectivity index (χ4n) is 4.42. The first-order valence-electron chi connectivity index (χ1n) is 12.3. The number of hydrogen-bond donors (Lipinski definition) is 1. The van der Waals surface area contributed by atoms with Crippen molar-refractivity contribution in [3.63, 3.8) is 0 Å². The van der Waals surface area contributed by atoms with Crippen LogP contribution < -0.4 is 9.62 Å². The Hall–Kier alpha value is -2.69. The molecule has 202 valence electrons. The van der Waals surface area contributed by atoms with Crippen LogP contribution in [-0.2, 0) is 26.3 Å². The Balaban J connectivity index is 1.97. The molecule has 2 amide bonds. The lowest BCUT2D eigenvalue weighted by molar-refractivity contribution is -0.140. The number of rotatable bonds is 11. The predicted molar refractivity (Wildman–Crippen MR) is 143 cm³/mol. The van der Waals surface area contributed by atoms with E-state index in [0.717, 1.165) is 46.4 Å². The third-order valence-electron chi connectivity index (χ3n) is 6.52. The topological polar surface area (TPSA) is 90.0 Å². The number of nitrogens with zero attached hydrogens (tertiary/aromatic N) is 3. The highest BCUT2D eigenvalue weighted by Crippen LogP contribution is 2.24. The Morgan fingerprint density at radius 2 is 1.70 bits per heavy atom. The molecule has 0 saturated heterocycles. The molecule has 1 N–H and O–H groups in total. The summed E-state index contributed by atoms with van der Waals surface area (Å²) in [6.07, 6.45) is 4.18. The zero-order chi connectivity index (χ0) is 27.2. The Morgan fingerprint density at radius 1 is 1.08 bits per heavy atom. The monoisotopic (exact) mass is 552 g/mol. The van der Waals surface area contributed by atoms with Crippen LogP contribution in [0.4, 0.5) is 10.1 Å². The number of carbonyl (C=O) groups is 2. The lowest BCUT2D eigenvalue weighted by atomic mass is 10.1. The van der Waals surface area contributed by atoms with E-state index in [4.69, 9.17) is 11.6 Å². The van der Waals surface area contributed by atoms with Gasteiger partial charge in [0, 0.05) is 31.7 Å². The van der Waals surface area contributed by atoms with Crippen molar-refractivity contribution >= 4 is 39.3 Å². The van der Waals surface area contributed by atoms with Crippen LogP contribution in [0.15, 0.2) is 48.5 Å². The van der Waals surface area contributed by atoms with Crippen molar-refractivity contribution in [2.24, 2.45) is 0 Å². The zero-order valence-electron chi connectivity index (χ0n) is 21.4. The molecule has 1 fully saturated rings. The largest absolute Gasteiger partial charge is 0.352 e. The summed E-state index contributed by atoms with van der Waals surface area (Å²) in [5.41, 5.74) is 0.762. The molecule has 1 atom stereocenters. The molecule has 11 heteroatoms. The van der Waals surface area contributed by atoms with E-state index in [1.54, 1.807) is 31.2 Å². The highest BCUT2D eigenvalue weighted by molar-refractivity contribution is 7.90. The first-order valence-corrected chi connectivity index (χ1v) is 14.1. The molecule has 0 heterocycles. The van der Waals surface area contributed by atoms with Crippen LogP contribution >= 0.6 is 11.6 Å². The number of nitrogens with one attached hydrogen (secondary N) is 1. The van der Waals surface area contributed by atoms with E-state index in [2.05, 4.69) is 5.32 Å². The first-order chi connectivity index (χ1) is 17.5. The van der Waals surface area contributed by atoms with E-state index in [1.165, 1.54) is 31.1 Å². The molecule has 0 radical (unpaired) electrons. The van der Waals surface area contributed by atoms with Crippen molar-refractivity contribution in [1.82, 2.24) is 14.5 Å². The Labute approximate surface area is 223 Å². The zero-order valence-corrected chi connectivity index (χ0v) is 22.9. The lowest BCUT2D eigenvalue weighted by Gasteiger charge is -2.34. The van der Waals surface area contributed by atoms with E-state index in [9.17, 15) is 22.4 Å². The van der Waals surface area contributed by atoms with Gasteiger partial charge in [0.25, 0.3) is 0 Å². The smallest absolute Gasteiger partial charge is 0.304 e. The van der Waals surface area contributed by atoms with Crippen molar-refractivity contribution in [2.45, 2.75) is 57.7 Å². The Morgan fingerprint density at radius 3 is 2.27 bits per heavy atom. The van der Waals surface area contributed by atoms with Crippen LogP contribution in [0.25, 0.3) is 0 Å². The van der Waals surface area contributed by atoms with Crippen LogP contribution in [0.5, 0.6) is 0 Å². The SMILES string of the molecule is CCC(C(=O)NC1CCCC1)N(Cc1ccccc1Cl)C(=O)CN(c1ccc(F)cc1)S(=O)(=O)N(C)C. The number of amides is 2. The average molecular weight is 553 g/mol. The summed E-state index contributed by atoms with van der Waals surface area (Å²) in [4.78, 5) is 28.5. The molecule has 0 bridgehead atoms. The van der Waals surface area contributed by atoms with E-state index < -0.39 is 34.5 Å². The highest BCUT2D eigenvalue weighted by Gasteiger charge is 2.34. The number of carbonyl (C=O) groups excluding carboxylic acids is 2. The minimum atomic E-state index is -4.12. The molecule has 37 heavy (non-hydrogen) atoms. The summed E-state index contributed by atoms with van der Waals surface area (Å²) in [6.45, 7) is 1.25. The van der Waals surface area contributed by atoms with E-state index >= 15 is 0 Å². The minimum Gasteiger partial charge on any atom is -0.352 e. The molecule has 2 aromatic rings. The average Bonchev–Trinajstić information content (AvgIpc) is 3.37. The third-order valence-corrected chi connectivity index (χ3v) is 8.71. The van der Waals surface area contributed by atoms with Crippen molar-refractivity contribution in [3.05, 3.63) is 64.9 Å². The standard InChI is InChI=1S/C26H34ClFN4O4S/c1-4-24(26(34)29-21-10-6-7-11-21)31(17-19-9-5-8-12-23(19)27)25(33)18-32(37(35,36)30(2)3)22-15-13-20(28)14-16-22/h5,8-9,12-16,21,24H,4,6-7,10-11,17-18H2,1-3H3,(H,29,34). The fraction of sp³-hybridized carbons (Fsp3) is 0.462. The first kappa shape index (κ1) is 28.9. The summed E-state index contributed by atoms with van der Waals surface area (Å²) < 4.78 is 41.8. The highest BCUT2D eigenvalue weighted by atomic mass is 35.5. The minimum absolute atomic E-state index is 0.0222. The Kier molecular flexibility index (Phi) is 9.92. The summed E-state index contributed by atoms with van der Waals surface area (Å²) in [7, 11) is -1.42. The Bertz CT molecular complexity index is 1190. The quantitative estimate of drug-likeness (QED) is 0.457. The number of halogens is 2. The van der Waals surface area contributed by atoms with Gasteiger partial charge in [0.15, 0.2) is 0 Å². The van der Waals surface area contributed by atoms with Crippen LogP contribution in [0.2, 0.25) is 5.02 Å². The van der Waals surface area contributed by atoms with Crippen LogP contribution in [-0.4, -0.2) is 62.2 Å². The molecular weight excluding hydrogens is 519 g/mol.